The number of aliphatic carboxylic acids is 1. The van der Waals surface area contributed by atoms with Crippen molar-refractivity contribution in [3.05, 3.63) is 48.0 Å². The van der Waals surface area contributed by atoms with E-state index in [1.165, 1.54) is 0 Å². The van der Waals surface area contributed by atoms with Gasteiger partial charge in [-0.05, 0) is 35.6 Å². The Hall–Kier alpha value is -2.89. The first-order valence-corrected chi connectivity index (χ1v) is 8.34. The number of carboxylic acid groups (broad SMARTS) is 1. The average Bonchev–Trinajstić information content (AvgIpc) is 3.34. The van der Waals surface area contributed by atoms with Gasteiger partial charge >= 0.3 is 12.0 Å². The number of rotatable bonds is 5. The summed E-state index contributed by atoms with van der Waals surface area (Å²) in [7, 11) is 0. The lowest BCUT2D eigenvalue weighted by Gasteiger charge is -2.26. The molecule has 128 valence electrons. The smallest absolute Gasteiger partial charge is 0.322 e. The molecular formula is C19H18N2O4. The molecule has 0 aromatic heterocycles. The fraction of sp³-hybridized carbons (Fsp3) is 0.316. The Kier molecular flexibility index (Phi) is 3.49. The number of imide groups is 1. The first-order chi connectivity index (χ1) is 12.0. The van der Waals surface area contributed by atoms with Crippen molar-refractivity contribution in [1.29, 1.82) is 0 Å². The van der Waals surface area contributed by atoms with Crippen LogP contribution in [-0.2, 0) is 16.0 Å². The number of amides is 3. The minimum absolute atomic E-state index is 0.350. The van der Waals surface area contributed by atoms with E-state index in [2.05, 4.69) is 16.7 Å². The van der Waals surface area contributed by atoms with Crippen molar-refractivity contribution in [1.82, 2.24) is 10.6 Å². The summed E-state index contributed by atoms with van der Waals surface area (Å²) in [4.78, 5) is 35.3. The molecule has 1 aliphatic heterocycles. The van der Waals surface area contributed by atoms with Crippen LogP contribution in [0.3, 0.4) is 0 Å². The van der Waals surface area contributed by atoms with E-state index in [1.54, 1.807) is 0 Å². The van der Waals surface area contributed by atoms with Crippen LogP contribution in [0.4, 0.5) is 4.79 Å². The number of benzene rings is 2. The molecule has 1 heterocycles. The van der Waals surface area contributed by atoms with Crippen LogP contribution >= 0.6 is 0 Å². The summed E-state index contributed by atoms with van der Waals surface area (Å²) in [5, 5.41) is 16.4. The highest BCUT2D eigenvalue weighted by molar-refractivity contribution is 6.08. The minimum Gasteiger partial charge on any atom is -0.481 e. The molecule has 6 nitrogen and oxygen atoms in total. The average molecular weight is 338 g/mol. The van der Waals surface area contributed by atoms with Gasteiger partial charge in [-0.25, -0.2) is 4.79 Å². The van der Waals surface area contributed by atoms with Gasteiger partial charge in [-0.15, -0.1) is 0 Å². The summed E-state index contributed by atoms with van der Waals surface area (Å²) in [5.41, 5.74) is -0.0641. The summed E-state index contributed by atoms with van der Waals surface area (Å²) in [5.74, 6) is -2.24. The molecule has 0 spiro atoms. The van der Waals surface area contributed by atoms with E-state index in [0.29, 0.717) is 19.3 Å². The summed E-state index contributed by atoms with van der Waals surface area (Å²) < 4.78 is 0. The molecule has 4 rings (SSSR count). The van der Waals surface area contributed by atoms with Crippen molar-refractivity contribution in [3.63, 3.8) is 0 Å². The van der Waals surface area contributed by atoms with Crippen molar-refractivity contribution in [2.75, 3.05) is 0 Å². The minimum atomic E-state index is -1.12. The molecular weight excluding hydrogens is 320 g/mol. The molecule has 0 radical (unpaired) electrons. The molecule has 3 amide bonds. The quantitative estimate of drug-likeness (QED) is 0.727. The topological polar surface area (TPSA) is 95.5 Å². The number of carbonyl (C=O) groups excluding carboxylic acids is 2. The molecule has 0 bridgehead atoms. The molecule has 2 aliphatic rings. The first-order valence-electron chi connectivity index (χ1n) is 8.34. The number of hydrogen-bond donors (Lipinski definition) is 3. The maximum absolute atomic E-state index is 12.4. The van der Waals surface area contributed by atoms with Gasteiger partial charge in [-0.2, -0.15) is 0 Å². The first kappa shape index (κ1) is 15.6. The molecule has 6 heteroatoms. The van der Waals surface area contributed by atoms with Gasteiger partial charge in [-0.1, -0.05) is 42.5 Å². The van der Waals surface area contributed by atoms with Crippen LogP contribution in [0, 0.1) is 11.8 Å². The van der Waals surface area contributed by atoms with Crippen LogP contribution < -0.4 is 10.6 Å². The number of urea groups is 1. The number of hydrogen-bond acceptors (Lipinski definition) is 3. The highest BCUT2D eigenvalue weighted by Gasteiger charge is 2.62. The molecule has 1 saturated heterocycles. The zero-order valence-corrected chi connectivity index (χ0v) is 13.5. The summed E-state index contributed by atoms with van der Waals surface area (Å²) in [6.45, 7) is 0. The zero-order valence-electron chi connectivity index (χ0n) is 13.5. The Morgan fingerprint density at radius 2 is 1.92 bits per heavy atom. The maximum Gasteiger partial charge on any atom is 0.322 e. The van der Waals surface area contributed by atoms with E-state index in [1.807, 2.05) is 36.4 Å². The Morgan fingerprint density at radius 3 is 2.56 bits per heavy atom. The van der Waals surface area contributed by atoms with Gasteiger partial charge in [0, 0.05) is 5.92 Å². The lowest BCUT2D eigenvalue weighted by atomic mass is 9.85. The number of carboxylic acids is 1. The SMILES string of the molecule is O=C1NC(=O)C(CCc2ccc3ccccc3c2)([C@H]2C[C@@H]2C(=O)O)N1. The van der Waals surface area contributed by atoms with E-state index in [4.69, 9.17) is 0 Å². The second-order valence-electron chi connectivity index (χ2n) is 6.85. The second kappa shape index (κ2) is 5.58. The fourth-order valence-corrected chi connectivity index (χ4v) is 3.88. The summed E-state index contributed by atoms with van der Waals surface area (Å²) in [6, 6.07) is 13.6. The molecule has 1 saturated carbocycles. The van der Waals surface area contributed by atoms with Gasteiger partial charge in [0.2, 0.25) is 0 Å². The van der Waals surface area contributed by atoms with E-state index in [9.17, 15) is 19.5 Å². The van der Waals surface area contributed by atoms with Crippen LogP contribution in [0.1, 0.15) is 18.4 Å². The van der Waals surface area contributed by atoms with Gasteiger partial charge in [0.15, 0.2) is 0 Å². The molecule has 3 atom stereocenters. The van der Waals surface area contributed by atoms with Crippen LogP contribution in [-0.4, -0.2) is 28.6 Å². The third kappa shape index (κ3) is 2.63. The zero-order chi connectivity index (χ0) is 17.6. The van der Waals surface area contributed by atoms with Crippen molar-refractivity contribution in [2.24, 2.45) is 11.8 Å². The molecule has 25 heavy (non-hydrogen) atoms. The second-order valence-corrected chi connectivity index (χ2v) is 6.85. The fourth-order valence-electron chi connectivity index (χ4n) is 3.88. The lowest BCUT2D eigenvalue weighted by Crippen LogP contribution is -2.50. The van der Waals surface area contributed by atoms with Crippen molar-refractivity contribution >= 4 is 28.7 Å². The Labute approximate surface area is 144 Å². The monoisotopic (exact) mass is 338 g/mol. The third-order valence-corrected chi connectivity index (χ3v) is 5.33. The summed E-state index contributed by atoms with van der Waals surface area (Å²) >= 11 is 0. The van der Waals surface area contributed by atoms with Crippen molar-refractivity contribution in [3.8, 4) is 0 Å². The predicted octanol–water partition coefficient (Wildman–Crippen LogP) is 2.07. The number of nitrogens with one attached hydrogen (secondary N) is 2. The van der Waals surface area contributed by atoms with Gasteiger partial charge in [0.1, 0.15) is 5.54 Å². The van der Waals surface area contributed by atoms with Gasteiger partial charge in [-0.3, -0.25) is 14.9 Å². The van der Waals surface area contributed by atoms with Crippen molar-refractivity contribution in [2.45, 2.75) is 24.8 Å². The third-order valence-electron chi connectivity index (χ3n) is 5.33. The highest BCUT2D eigenvalue weighted by Crippen LogP contribution is 2.49. The largest absolute Gasteiger partial charge is 0.481 e. The van der Waals surface area contributed by atoms with Gasteiger partial charge in [0.25, 0.3) is 5.91 Å². The molecule has 2 aromatic carbocycles. The Bertz CT molecular complexity index is 894. The molecule has 2 fully saturated rings. The van der Waals surface area contributed by atoms with Crippen LogP contribution in [0.5, 0.6) is 0 Å². The molecule has 1 unspecified atom stereocenters. The number of carbonyl (C=O) groups is 3. The van der Waals surface area contributed by atoms with Crippen LogP contribution in [0.2, 0.25) is 0 Å². The highest BCUT2D eigenvalue weighted by atomic mass is 16.4. The standard InChI is InChI=1S/C19H18N2O4/c22-16(23)14-10-15(14)19(17(24)20-18(25)21-19)8-7-11-5-6-12-3-1-2-4-13(12)9-11/h1-6,9,14-15H,7-8,10H2,(H,22,23)(H2,20,21,24,25)/t14-,15-,19?/m0/s1. The summed E-state index contributed by atoms with van der Waals surface area (Å²) in [6.07, 6.45) is 1.39. The molecule has 2 aromatic rings. The Balaban J connectivity index is 1.58. The predicted molar refractivity (Wildman–Crippen MR) is 90.9 cm³/mol. The van der Waals surface area contributed by atoms with E-state index in [-0.39, 0.29) is 5.92 Å². The number of fused-ring (bicyclic) bond motifs is 1. The van der Waals surface area contributed by atoms with Crippen molar-refractivity contribution < 1.29 is 19.5 Å². The molecule has 3 N–H and O–H groups in total. The molecule has 1 aliphatic carbocycles. The van der Waals surface area contributed by atoms with Gasteiger partial charge < -0.3 is 10.4 Å². The maximum atomic E-state index is 12.4. The van der Waals surface area contributed by atoms with E-state index in [0.717, 1.165) is 16.3 Å². The Morgan fingerprint density at radius 1 is 1.16 bits per heavy atom. The number of aryl methyl sites for hydroxylation is 1. The van der Waals surface area contributed by atoms with Crippen LogP contribution in [0.15, 0.2) is 42.5 Å². The van der Waals surface area contributed by atoms with E-state index >= 15 is 0 Å². The normalized spacial score (nSPS) is 27.8. The lowest BCUT2D eigenvalue weighted by molar-refractivity contribution is -0.139. The van der Waals surface area contributed by atoms with Crippen LogP contribution in [0.25, 0.3) is 10.8 Å². The van der Waals surface area contributed by atoms with E-state index < -0.39 is 29.4 Å². The van der Waals surface area contributed by atoms with Gasteiger partial charge in [0.05, 0.1) is 5.92 Å².